The van der Waals surface area contributed by atoms with E-state index in [1.165, 1.54) is 24.3 Å². The Morgan fingerprint density at radius 3 is 2.61 bits per heavy atom. The van der Waals surface area contributed by atoms with E-state index in [2.05, 4.69) is 15.0 Å². The van der Waals surface area contributed by atoms with Crippen LogP contribution in [0, 0.1) is 6.92 Å². The zero-order chi connectivity index (χ0) is 22.2. The van der Waals surface area contributed by atoms with Crippen LogP contribution in [0.1, 0.15) is 31.0 Å². The third-order valence-corrected chi connectivity index (χ3v) is 7.85. The molecule has 11 heteroatoms. The summed E-state index contributed by atoms with van der Waals surface area (Å²) in [5.41, 5.74) is 2.34. The standard InChI is InChI=1S/C20H25N5O4S2/c1-13-12-30-19(21-13)22-18(26)14(2)23-31(28,29)16-5-6-17-15(11-16)7-10-25(17)20(27)24-8-3-4-9-24/h5-6,11-12,14,23H,3-4,7-10H2,1-2H3,(H,21,22,26)/t14-/m0/s1. The van der Waals surface area contributed by atoms with Crippen LogP contribution in [-0.4, -0.2) is 55.9 Å². The minimum atomic E-state index is -3.91. The molecule has 1 aromatic heterocycles. The zero-order valence-electron chi connectivity index (χ0n) is 17.4. The first-order chi connectivity index (χ1) is 14.7. The van der Waals surface area contributed by atoms with E-state index < -0.39 is 22.0 Å². The number of aromatic nitrogens is 1. The Hall–Kier alpha value is -2.50. The molecule has 0 aliphatic carbocycles. The summed E-state index contributed by atoms with van der Waals surface area (Å²) >= 11 is 1.28. The molecule has 3 amide bonds. The Kier molecular flexibility index (Phi) is 6.00. The first kappa shape index (κ1) is 21.7. The molecule has 4 rings (SSSR count). The molecule has 1 aromatic carbocycles. The fraction of sp³-hybridized carbons (Fsp3) is 0.450. The lowest BCUT2D eigenvalue weighted by atomic mass is 10.2. The molecule has 2 aliphatic rings. The average Bonchev–Trinajstić information content (AvgIpc) is 3.47. The summed E-state index contributed by atoms with van der Waals surface area (Å²) in [6.07, 6.45) is 2.63. The Labute approximate surface area is 185 Å². The Morgan fingerprint density at radius 1 is 1.19 bits per heavy atom. The SMILES string of the molecule is Cc1csc(NC(=O)[C@H](C)NS(=O)(=O)c2ccc3c(c2)CCN3C(=O)N2CCCC2)n1. The molecule has 0 saturated carbocycles. The van der Waals surface area contributed by atoms with Gasteiger partial charge in [-0.1, -0.05) is 0 Å². The number of likely N-dealkylation sites (tertiary alicyclic amines) is 1. The van der Waals surface area contributed by atoms with Crippen LogP contribution in [0.25, 0.3) is 0 Å². The predicted octanol–water partition coefficient (Wildman–Crippen LogP) is 2.34. The molecule has 1 saturated heterocycles. The molecule has 1 atom stereocenters. The number of amides is 3. The van der Waals surface area contributed by atoms with Gasteiger partial charge in [0.2, 0.25) is 15.9 Å². The van der Waals surface area contributed by atoms with Gasteiger partial charge < -0.3 is 10.2 Å². The van der Waals surface area contributed by atoms with Gasteiger partial charge in [-0.2, -0.15) is 4.72 Å². The number of rotatable bonds is 5. The number of carbonyl (C=O) groups is 2. The molecule has 0 bridgehead atoms. The van der Waals surface area contributed by atoms with Crippen molar-refractivity contribution in [3.05, 3.63) is 34.8 Å². The van der Waals surface area contributed by atoms with E-state index in [0.29, 0.717) is 18.1 Å². The van der Waals surface area contributed by atoms with E-state index in [-0.39, 0.29) is 10.9 Å². The second-order valence-electron chi connectivity index (χ2n) is 7.80. The maximum absolute atomic E-state index is 12.8. The molecule has 0 unspecified atom stereocenters. The fourth-order valence-electron chi connectivity index (χ4n) is 3.80. The topological polar surface area (TPSA) is 112 Å². The summed E-state index contributed by atoms with van der Waals surface area (Å²) in [4.78, 5) is 32.9. The predicted molar refractivity (Wildman–Crippen MR) is 119 cm³/mol. The normalized spacial score (nSPS) is 17.0. The van der Waals surface area contributed by atoms with Crippen LogP contribution in [0.4, 0.5) is 15.6 Å². The molecule has 2 aromatic rings. The van der Waals surface area contributed by atoms with Crippen molar-refractivity contribution in [3.8, 4) is 0 Å². The molecule has 3 heterocycles. The number of benzene rings is 1. The summed E-state index contributed by atoms with van der Waals surface area (Å²) in [7, 11) is -3.91. The number of anilines is 2. The molecule has 1 fully saturated rings. The first-order valence-corrected chi connectivity index (χ1v) is 12.6. The lowest BCUT2D eigenvalue weighted by molar-refractivity contribution is -0.117. The number of hydrogen-bond acceptors (Lipinski definition) is 6. The number of urea groups is 1. The van der Waals surface area contributed by atoms with E-state index in [1.54, 1.807) is 22.4 Å². The fourth-order valence-corrected chi connectivity index (χ4v) is 5.75. The monoisotopic (exact) mass is 463 g/mol. The highest BCUT2D eigenvalue weighted by Gasteiger charge is 2.31. The van der Waals surface area contributed by atoms with Gasteiger partial charge in [0.25, 0.3) is 0 Å². The van der Waals surface area contributed by atoms with Gasteiger partial charge in [-0.15, -0.1) is 11.3 Å². The van der Waals surface area contributed by atoms with Crippen molar-refractivity contribution in [1.82, 2.24) is 14.6 Å². The lowest BCUT2D eigenvalue weighted by Crippen LogP contribution is -2.41. The number of sulfonamides is 1. The van der Waals surface area contributed by atoms with Crippen molar-refractivity contribution in [3.63, 3.8) is 0 Å². The maximum atomic E-state index is 12.8. The van der Waals surface area contributed by atoms with Crippen LogP contribution in [0.15, 0.2) is 28.5 Å². The van der Waals surface area contributed by atoms with Crippen molar-refractivity contribution < 1.29 is 18.0 Å². The Balaban J connectivity index is 1.45. The molecule has 0 spiro atoms. The third kappa shape index (κ3) is 4.58. The highest BCUT2D eigenvalue weighted by atomic mass is 32.2. The van der Waals surface area contributed by atoms with Crippen LogP contribution >= 0.6 is 11.3 Å². The second kappa shape index (κ2) is 8.56. The van der Waals surface area contributed by atoms with Crippen LogP contribution in [0.5, 0.6) is 0 Å². The third-order valence-electron chi connectivity index (χ3n) is 5.44. The molecule has 31 heavy (non-hydrogen) atoms. The Morgan fingerprint density at radius 2 is 1.94 bits per heavy atom. The van der Waals surface area contributed by atoms with Crippen LogP contribution in [-0.2, 0) is 21.2 Å². The summed E-state index contributed by atoms with van der Waals surface area (Å²) in [5.74, 6) is -0.485. The van der Waals surface area contributed by atoms with E-state index in [0.717, 1.165) is 42.9 Å². The number of hydrogen-bond donors (Lipinski definition) is 2. The smallest absolute Gasteiger partial charge is 0.324 e. The van der Waals surface area contributed by atoms with Gasteiger partial charge in [-0.25, -0.2) is 18.2 Å². The van der Waals surface area contributed by atoms with Gasteiger partial charge in [0, 0.05) is 30.7 Å². The first-order valence-electron chi connectivity index (χ1n) is 10.2. The van der Waals surface area contributed by atoms with Crippen LogP contribution in [0.3, 0.4) is 0 Å². The largest absolute Gasteiger partial charge is 0.324 e. The van der Waals surface area contributed by atoms with Crippen molar-refractivity contribution >= 4 is 44.1 Å². The van der Waals surface area contributed by atoms with E-state index in [9.17, 15) is 18.0 Å². The zero-order valence-corrected chi connectivity index (χ0v) is 19.1. The minimum Gasteiger partial charge on any atom is -0.324 e. The summed E-state index contributed by atoms with van der Waals surface area (Å²) in [5, 5.41) is 4.84. The van der Waals surface area contributed by atoms with Crippen molar-refractivity contribution in [2.45, 2.75) is 44.0 Å². The maximum Gasteiger partial charge on any atom is 0.324 e. The van der Waals surface area contributed by atoms with Crippen LogP contribution in [0.2, 0.25) is 0 Å². The van der Waals surface area contributed by atoms with Gasteiger partial charge >= 0.3 is 6.03 Å². The second-order valence-corrected chi connectivity index (χ2v) is 10.4. The number of nitrogens with zero attached hydrogens (tertiary/aromatic N) is 3. The van der Waals surface area contributed by atoms with Gasteiger partial charge in [-0.3, -0.25) is 9.69 Å². The highest BCUT2D eigenvalue weighted by molar-refractivity contribution is 7.89. The van der Waals surface area contributed by atoms with Crippen molar-refractivity contribution in [1.29, 1.82) is 0 Å². The molecule has 166 valence electrons. The van der Waals surface area contributed by atoms with Crippen molar-refractivity contribution in [2.24, 2.45) is 0 Å². The molecule has 2 aliphatic heterocycles. The Bertz CT molecular complexity index is 1110. The van der Waals surface area contributed by atoms with Gasteiger partial charge in [0.15, 0.2) is 5.13 Å². The van der Waals surface area contributed by atoms with Gasteiger partial charge in [-0.05, 0) is 56.9 Å². The van der Waals surface area contributed by atoms with E-state index >= 15 is 0 Å². The summed E-state index contributed by atoms with van der Waals surface area (Å²) in [6, 6.07) is 3.74. The van der Waals surface area contributed by atoms with Gasteiger partial charge in [0.05, 0.1) is 16.6 Å². The molecule has 0 radical (unpaired) electrons. The van der Waals surface area contributed by atoms with Gasteiger partial charge in [0.1, 0.15) is 0 Å². The molecular weight excluding hydrogens is 438 g/mol. The highest BCUT2D eigenvalue weighted by Crippen LogP contribution is 2.31. The number of thiazole rings is 1. The van der Waals surface area contributed by atoms with E-state index in [4.69, 9.17) is 0 Å². The number of fused-ring (bicyclic) bond motifs is 1. The molecule has 9 nitrogen and oxygen atoms in total. The number of carbonyl (C=O) groups excluding carboxylic acids is 2. The molecule has 2 N–H and O–H groups in total. The summed E-state index contributed by atoms with van der Waals surface area (Å²) < 4.78 is 28.1. The quantitative estimate of drug-likeness (QED) is 0.707. The van der Waals surface area contributed by atoms with Crippen LogP contribution < -0.4 is 14.9 Å². The number of nitrogens with one attached hydrogen (secondary N) is 2. The molecular formula is C20H25N5O4S2. The van der Waals surface area contributed by atoms with E-state index in [1.807, 2.05) is 11.8 Å². The minimum absolute atomic E-state index is 0.0206. The van der Waals surface area contributed by atoms with Crippen molar-refractivity contribution in [2.75, 3.05) is 29.9 Å². The summed E-state index contributed by atoms with van der Waals surface area (Å²) in [6.45, 7) is 5.36. The number of aryl methyl sites for hydroxylation is 1. The lowest BCUT2D eigenvalue weighted by Gasteiger charge is -2.24. The average molecular weight is 464 g/mol.